The van der Waals surface area contributed by atoms with Gasteiger partial charge >= 0.3 is 6.55 Å². The number of alkyl halides is 2. The summed E-state index contributed by atoms with van der Waals surface area (Å²) in [7, 11) is 1.79. The van der Waals surface area contributed by atoms with Gasteiger partial charge in [-0.1, -0.05) is 12.1 Å². The lowest BCUT2D eigenvalue weighted by Crippen LogP contribution is -2.40. The lowest BCUT2D eigenvalue weighted by atomic mass is 10.0. The predicted molar refractivity (Wildman–Crippen MR) is 136 cm³/mol. The Labute approximate surface area is 210 Å². The fraction of sp³-hybridized carbons (Fsp3) is 0.259. The maximum absolute atomic E-state index is 13.9. The highest BCUT2D eigenvalue weighted by Gasteiger charge is 2.26. The van der Waals surface area contributed by atoms with Crippen LogP contribution in [0.5, 0.6) is 0 Å². The molecule has 10 heteroatoms. The molecule has 1 fully saturated rings. The maximum atomic E-state index is 13.9. The number of fused-ring (bicyclic) bond motifs is 2. The van der Waals surface area contributed by atoms with E-state index in [2.05, 4.69) is 15.4 Å². The number of imidazole rings is 1. The van der Waals surface area contributed by atoms with Gasteiger partial charge in [-0.2, -0.15) is 13.9 Å². The Balaban J connectivity index is 1.19. The molecule has 1 N–H and O–H groups in total. The van der Waals surface area contributed by atoms with Crippen LogP contribution in [-0.4, -0.2) is 38.5 Å². The summed E-state index contributed by atoms with van der Waals surface area (Å²) in [5.74, 6) is -1.00. The Kier molecular flexibility index (Phi) is 5.73. The number of rotatable bonds is 5. The molecule has 0 atom stereocenters. The zero-order valence-electron chi connectivity index (χ0n) is 20.0. The standard InChI is InChI=1S/C27H24F4N6/c1-35-24-15-20(6-7-21(24)25(34-35)16-12-17(28)14-18(29)13-16)32-19-8-10-36(11-9-19)27-33-22-4-2-3-5-23(22)37(27)26(30)31/h2-7,12-15,19,26,32H,8-11H2,1H3. The number of nitrogens with one attached hydrogen (secondary N) is 1. The van der Waals surface area contributed by atoms with Gasteiger partial charge in [-0.05, 0) is 55.3 Å². The summed E-state index contributed by atoms with van der Waals surface area (Å²) in [4.78, 5) is 6.40. The lowest BCUT2D eigenvalue weighted by Gasteiger charge is -2.33. The molecule has 37 heavy (non-hydrogen) atoms. The van der Waals surface area contributed by atoms with Crippen molar-refractivity contribution < 1.29 is 17.6 Å². The van der Waals surface area contributed by atoms with Crippen LogP contribution in [0.1, 0.15) is 19.4 Å². The van der Waals surface area contributed by atoms with E-state index in [1.165, 1.54) is 12.1 Å². The first-order chi connectivity index (χ1) is 17.9. The highest BCUT2D eigenvalue weighted by Crippen LogP contribution is 2.33. The minimum absolute atomic E-state index is 0.156. The average molecular weight is 509 g/mol. The van der Waals surface area contributed by atoms with E-state index in [0.29, 0.717) is 41.3 Å². The SMILES string of the molecule is Cn1nc(-c2cc(F)cc(F)c2)c2ccc(NC3CCN(c4nc5ccccc5n4C(F)F)CC3)cc21. The van der Waals surface area contributed by atoms with Crippen LogP contribution in [0.2, 0.25) is 0 Å². The van der Waals surface area contributed by atoms with E-state index < -0.39 is 18.2 Å². The molecule has 6 nitrogen and oxygen atoms in total. The summed E-state index contributed by atoms with van der Waals surface area (Å²) < 4.78 is 57.9. The summed E-state index contributed by atoms with van der Waals surface area (Å²) >= 11 is 0. The molecule has 190 valence electrons. The monoisotopic (exact) mass is 508 g/mol. The van der Waals surface area contributed by atoms with E-state index in [0.717, 1.165) is 40.1 Å². The van der Waals surface area contributed by atoms with Crippen molar-refractivity contribution >= 4 is 33.6 Å². The molecule has 1 aliphatic heterocycles. The predicted octanol–water partition coefficient (Wildman–Crippen LogP) is 6.34. The Morgan fingerprint density at radius 1 is 0.919 bits per heavy atom. The number of hydrogen-bond donors (Lipinski definition) is 1. The molecular formula is C27H24F4N6. The molecule has 5 aromatic rings. The van der Waals surface area contributed by atoms with E-state index in [9.17, 15) is 17.6 Å². The van der Waals surface area contributed by atoms with Gasteiger partial charge in [0, 0.05) is 48.9 Å². The Morgan fingerprint density at radius 3 is 2.38 bits per heavy atom. The summed E-state index contributed by atoms with van der Waals surface area (Å²) in [5.41, 5.74) is 3.60. The lowest BCUT2D eigenvalue weighted by molar-refractivity contribution is 0.0757. The van der Waals surface area contributed by atoms with Gasteiger partial charge in [-0.15, -0.1) is 0 Å². The number of anilines is 2. The summed E-state index contributed by atoms with van der Waals surface area (Å²) in [5, 5.41) is 8.82. The van der Waals surface area contributed by atoms with Crippen molar-refractivity contribution in [3.05, 3.63) is 72.3 Å². The molecule has 1 aliphatic rings. The molecule has 0 radical (unpaired) electrons. The van der Waals surface area contributed by atoms with Crippen LogP contribution in [-0.2, 0) is 7.05 Å². The van der Waals surface area contributed by atoms with Gasteiger partial charge < -0.3 is 10.2 Å². The smallest absolute Gasteiger partial charge is 0.321 e. The molecule has 1 saturated heterocycles. The topological polar surface area (TPSA) is 50.9 Å². The van der Waals surface area contributed by atoms with Gasteiger partial charge in [0.1, 0.15) is 17.3 Å². The van der Waals surface area contributed by atoms with E-state index in [1.54, 1.807) is 36.0 Å². The number of benzene rings is 3. The third kappa shape index (κ3) is 4.26. The number of hydrogen-bond acceptors (Lipinski definition) is 4. The van der Waals surface area contributed by atoms with Crippen LogP contribution in [0, 0.1) is 11.6 Å². The molecular weight excluding hydrogens is 484 g/mol. The molecule has 0 amide bonds. The average Bonchev–Trinajstić information content (AvgIpc) is 3.42. The van der Waals surface area contributed by atoms with Crippen molar-refractivity contribution in [2.45, 2.75) is 25.4 Å². The highest BCUT2D eigenvalue weighted by molar-refractivity contribution is 5.95. The van der Waals surface area contributed by atoms with Gasteiger partial charge in [0.2, 0.25) is 5.95 Å². The van der Waals surface area contributed by atoms with E-state index >= 15 is 0 Å². The number of para-hydroxylation sites is 2. The van der Waals surface area contributed by atoms with Gasteiger partial charge in [-0.3, -0.25) is 9.25 Å². The summed E-state index contributed by atoms with van der Waals surface area (Å²) in [6, 6.07) is 16.3. The zero-order valence-corrected chi connectivity index (χ0v) is 20.0. The second kappa shape index (κ2) is 9.10. The van der Waals surface area contributed by atoms with Gasteiger partial charge in [0.25, 0.3) is 0 Å². The van der Waals surface area contributed by atoms with E-state index in [-0.39, 0.29) is 6.04 Å². The first-order valence-corrected chi connectivity index (χ1v) is 12.1. The van der Waals surface area contributed by atoms with Gasteiger partial charge in [0.15, 0.2) is 0 Å². The van der Waals surface area contributed by atoms with Crippen molar-refractivity contribution in [3.8, 4) is 11.3 Å². The molecule has 0 aliphatic carbocycles. The summed E-state index contributed by atoms with van der Waals surface area (Å²) in [6.45, 7) is -1.48. The molecule has 0 unspecified atom stereocenters. The Bertz CT molecular complexity index is 1580. The minimum Gasteiger partial charge on any atom is -0.382 e. The molecule has 0 bridgehead atoms. The van der Waals surface area contributed by atoms with E-state index in [4.69, 9.17) is 0 Å². The fourth-order valence-corrected chi connectivity index (χ4v) is 5.16. The van der Waals surface area contributed by atoms with Crippen LogP contribution < -0.4 is 10.2 Å². The number of nitrogens with zero attached hydrogens (tertiary/aromatic N) is 5. The molecule has 0 spiro atoms. The molecule has 6 rings (SSSR count). The van der Waals surface area contributed by atoms with Crippen LogP contribution in [0.25, 0.3) is 33.2 Å². The third-order valence-electron chi connectivity index (χ3n) is 6.91. The fourth-order valence-electron chi connectivity index (χ4n) is 5.16. The maximum Gasteiger partial charge on any atom is 0.321 e. The van der Waals surface area contributed by atoms with Crippen molar-refractivity contribution in [1.82, 2.24) is 19.3 Å². The first kappa shape index (κ1) is 23.3. The van der Waals surface area contributed by atoms with Crippen molar-refractivity contribution in [2.75, 3.05) is 23.3 Å². The quantitative estimate of drug-likeness (QED) is 0.281. The number of aromatic nitrogens is 4. The number of halogens is 4. The van der Waals surface area contributed by atoms with Crippen molar-refractivity contribution in [1.29, 1.82) is 0 Å². The highest BCUT2D eigenvalue weighted by atomic mass is 19.3. The van der Waals surface area contributed by atoms with Crippen LogP contribution in [0.3, 0.4) is 0 Å². The second-order valence-corrected chi connectivity index (χ2v) is 9.32. The van der Waals surface area contributed by atoms with Crippen molar-refractivity contribution in [2.24, 2.45) is 7.05 Å². The first-order valence-electron chi connectivity index (χ1n) is 12.1. The Morgan fingerprint density at radius 2 is 1.65 bits per heavy atom. The molecule has 0 saturated carbocycles. The molecule has 3 heterocycles. The van der Waals surface area contributed by atoms with Crippen LogP contribution >= 0.6 is 0 Å². The third-order valence-corrected chi connectivity index (χ3v) is 6.91. The minimum atomic E-state index is -2.67. The molecule has 3 aromatic carbocycles. The second-order valence-electron chi connectivity index (χ2n) is 9.32. The molecule has 2 aromatic heterocycles. The number of aryl methyl sites for hydroxylation is 1. The zero-order chi connectivity index (χ0) is 25.7. The normalized spacial score (nSPS) is 14.8. The number of piperidine rings is 1. The van der Waals surface area contributed by atoms with Crippen LogP contribution in [0.15, 0.2) is 60.7 Å². The Hall–Kier alpha value is -4.08. The van der Waals surface area contributed by atoms with E-state index in [1.807, 2.05) is 23.1 Å². The van der Waals surface area contributed by atoms with Gasteiger partial charge in [-0.25, -0.2) is 13.8 Å². The largest absolute Gasteiger partial charge is 0.382 e. The van der Waals surface area contributed by atoms with Crippen LogP contribution in [0.4, 0.5) is 29.2 Å². The van der Waals surface area contributed by atoms with Gasteiger partial charge in [0.05, 0.1) is 16.6 Å². The summed E-state index contributed by atoms with van der Waals surface area (Å²) in [6.07, 6.45) is 1.51. The van der Waals surface area contributed by atoms with Crippen molar-refractivity contribution in [3.63, 3.8) is 0 Å².